The normalized spacial score (nSPS) is 11.5. The Morgan fingerprint density at radius 3 is 1.82 bits per heavy atom. The summed E-state index contributed by atoms with van der Waals surface area (Å²) in [5, 5.41) is 0. The maximum absolute atomic E-state index is 4.95. The van der Waals surface area contributed by atoms with Crippen LogP contribution in [0.15, 0.2) is 24.3 Å². The summed E-state index contributed by atoms with van der Waals surface area (Å²) in [5.41, 5.74) is 0. The Kier molecular flexibility index (Phi) is 9.00. The molecule has 0 atom stereocenters. The fourth-order valence-electron chi connectivity index (χ4n) is 0.430. The molecule has 0 saturated carbocycles. The fourth-order valence-corrected chi connectivity index (χ4v) is 0.430. The summed E-state index contributed by atoms with van der Waals surface area (Å²) in [6, 6.07) is 0. The van der Waals surface area contributed by atoms with Crippen molar-refractivity contribution in [2.75, 3.05) is 13.2 Å². The first kappa shape index (κ1) is 10.5. The van der Waals surface area contributed by atoms with E-state index in [1.165, 1.54) is 7.69 Å². The molecular formula is C8H14BO2. The molecule has 0 N–H and O–H groups in total. The van der Waals surface area contributed by atoms with Crippen molar-refractivity contribution < 1.29 is 9.31 Å². The molecule has 0 saturated heterocycles. The maximum Gasteiger partial charge on any atom is 0.488 e. The van der Waals surface area contributed by atoms with Gasteiger partial charge in [-0.15, -0.1) is 0 Å². The van der Waals surface area contributed by atoms with E-state index in [9.17, 15) is 0 Å². The van der Waals surface area contributed by atoms with Crippen LogP contribution >= 0.6 is 0 Å². The van der Waals surface area contributed by atoms with E-state index in [1.54, 1.807) is 0 Å². The molecule has 0 bridgehead atoms. The number of allylic oxidation sites excluding steroid dienone is 2. The molecule has 2 nitrogen and oxygen atoms in total. The molecule has 1 radical (unpaired) electrons. The van der Waals surface area contributed by atoms with Gasteiger partial charge in [0.1, 0.15) is 0 Å². The van der Waals surface area contributed by atoms with E-state index in [4.69, 9.17) is 9.31 Å². The number of rotatable bonds is 6. The van der Waals surface area contributed by atoms with Gasteiger partial charge in [-0.3, -0.25) is 0 Å². The van der Waals surface area contributed by atoms with Crippen molar-refractivity contribution >= 4 is 7.69 Å². The molecule has 0 aliphatic carbocycles. The summed E-state index contributed by atoms with van der Waals surface area (Å²) in [7, 11) is 1.36. The van der Waals surface area contributed by atoms with Gasteiger partial charge in [0.05, 0.1) is 0 Å². The lowest BCUT2D eigenvalue weighted by atomic mass is 10.4. The van der Waals surface area contributed by atoms with Gasteiger partial charge in [0, 0.05) is 13.2 Å². The Morgan fingerprint density at radius 1 is 1.00 bits per heavy atom. The standard InChI is InChI=1S/C8H14BO2/c1-3-5-7-10-9-11-8-6-4-2/h3-6H,7-8H2,1-2H3. The van der Waals surface area contributed by atoms with E-state index >= 15 is 0 Å². The maximum atomic E-state index is 4.95. The zero-order valence-electron chi connectivity index (χ0n) is 7.12. The van der Waals surface area contributed by atoms with Crippen LogP contribution < -0.4 is 0 Å². The predicted octanol–water partition coefficient (Wildman–Crippen LogP) is 1.71. The first-order valence-electron chi connectivity index (χ1n) is 3.69. The van der Waals surface area contributed by atoms with Gasteiger partial charge in [-0.05, 0) is 13.8 Å². The van der Waals surface area contributed by atoms with Crippen LogP contribution in [-0.4, -0.2) is 20.9 Å². The van der Waals surface area contributed by atoms with Crippen molar-refractivity contribution in [1.82, 2.24) is 0 Å². The van der Waals surface area contributed by atoms with Gasteiger partial charge < -0.3 is 9.31 Å². The quantitative estimate of drug-likeness (QED) is 0.328. The average Bonchev–Trinajstić information content (AvgIpc) is 2.03. The summed E-state index contributed by atoms with van der Waals surface area (Å²) in [6.45, 7) is 5.05. The van der Waals surface area contributed by atoms with Crippen LogP contribution in [0.5, 0.6) is 0 Å². The van der Waals surface area contributed by atoms with Crippen molar-refractivity contribution in [3.8, 4) is 0 Å². The molecule has 0 unspecified atom stereocenters. The lowest BCUT2D eigenvalue weighted by molar-refractivity contribution is 0.260. The van der Waals surface area contributed by atoms with Crippen LogP contribution in [0.1, 0.15) is 13.8 Å². The summed E-state index contributed by atoms with van der Waals surface area (Å²) >= 11 is 0. The minimum atomic E-state index is 0.576. The molecule has 0 spiro atoms. The van der Waals surface area contributed by atoms with Gasteiger partial charge in [-0.25, -0.2) is 0 Å². The first-order valence-corrected chi connectivity index (χ1v) is 3.69. The van der Waals surface area contributed by atoms with Gasteiger partial charge in [-0.1, -0.05) is 24.3 Å². The second kappa shape index (κ2) is 9.46. The second-order valence-corrected chi connectivity index (χ2v) is 1.90. The lowest BCUT2D eigenvalue weighted by Crippen LogP contribution is -2.04. The van der Waals surface area contributed by atoms with Crippen LogP contribution in [0.4, 0.5) is 0 Å². The van der Waals surface area contributed by atoms with Crippen LogP contribution in [0.2, 0.25) is 0 Å². The topological polar surface area (TPSA) is 18.5 Å². The molecule has 3 heteroatoms. The molecule has 0 aromatic heterocycles. The fraction of sp³-hybridized carbons (Fsp3) is 0.500. The van der Waals surface area contributed by atoms with Gasteiger partial charge in [0.2, 0.25) is 0 Å². The molecule has 0 amide bonds. The molecule has 0 fully saturated rings. The Labute approximate surface area is 69.2 Å². The first-order chi connectivity index (χ1) is 5.41. The molecule has 0 aliphatic heterocycles. The van der Waals surface area contributed by atoms with Crippen LogP contribution in [0.3, 0.4) is 0 Å². The van der Waals surface area contributed by atoms with Crippen LogP contribution in [0, 0.1) is 0 Å². The summed E-state index contributed by atoms with van der Waals surface area (Å²) in [5.74, 6) is 0. The highest BCUT2D eigenvalue weighted by Crippen LogP contribution is 1.78. The minimum Gasteiger partial charge on any atom is -0.410 e. The minimum absolute atomic E-state index is 0.576. The molecule has 61 valence electrons. The molecule has 0 aromatic carbocycles. The van der Waals surface area contributed by atoms with Gasteiger partial charge in [0.15, 0.2) is 0 Å². The average molecular weight is 153 g/mol. The van der Waals surface area contributed by atoms with E-state index in [0.29, 0.717) is 13.2 Å². The van der Waals surface area contributed by atoms with E-state index in [1.807, 2.05) is 38.2 Å². The highest BCUT2D eigenvalue weighted by molar-refractivity contribution is 6.18. The molecule has 0 rings (SSSR count). The molecule has 0 aromatic rings. The van der Waals surface area contributed by atoms with Crippen LogP contribution in [0.25, 0.3) is 0 Å². The molecule has 0 aliphatic rings. The van der Waals surface area contributed by atoms with Crippen molar-refractivity contribution in [3.05, 3.63) is 24.3 Å². The van der Waals surface area contributed by atoms with E-state index in [0.717, 1.165) is 0 Å². The third-order valence-corrected chi connectivity index (χ3v) is 0.992. The summed E-state index contributed by atoms with van der Waals surface area (Å²) in [4.78, 5) is 0. The molecular weight excluding hydrogens is 139 g/mol. The smallest absolute Gasteiger partial charge is 0.410 e. The van der Waals surface area contributed by atoms with Crippen molar-refractivity contribution in [2.45, 2.75) is 13.8 Å². The monoisotopic (exact) mass is 153 g/mol. The summed E-state index contributed by atoms with van der Waals surface area (Å²) < 4.78 is 9.91. The highest BCUT2D eigenvalue weighted by atomic mass is 16.6. The largest absolute Gasteiger partial charge is 0.488 e. The van der Waals surface area contributed by atoms with E-state index in [-0.39, 0.29) is 0 Å². The Bertz CT molecular complexity index is 107. The number of hydrogen-bond acceptors (Lipinski definition) is 2. The predicted molar refractivity (Wildman–Crippen MR) is 47.3 cm³/mol. The lowest BCUT2D eigenvalue weighted by Gasteiger charge is -1.96. The zero-order valence-corrected chi connectivity index (χ0v) is 7.12. The molecule has 11 heavy (non-hydrogen) atoms. The summed E-state index contributed by atoms with van der Waals surface area (Å²) in [6.07, 6.45) is 7.69. The Morgan fingerprint density at radius 2 is 1.45 bits per heavy atom. The van der Waals surface area contributed by atoms with Crippen molar-refractivity contribution in [2.24, 2.45) is 0 Å². The van der Waals surface area contributed by atoms with Gasteiger partial charge in [-0.2, -0.15) is 0 Å². The van der Waals surface area contributed by atoms with E-state index < -0.39 is 0 Å². The second-order valence-electron chi connectivity index (χ2n) is 1.90. The van der Waals surface area contributed by atoms with Gasteiger partial charge >= 0.3 is 7.69 Å². The SMILES string of the molecule is CC=CCO[B]OCC=CC. The van der Waals surface area contributed by atoms with E-state index in [2.05, 4.69) is 0 Å². The highest BCUT2D eigenvalue weighted by Gasteiger charge is 1.88. The Balaban J connectivity index is 2.90. The van der Waals surface area contributed by atoms with Crippen molar-refractivity contribution in [1.29, 1.82) is 0 Å². The molecule has 0 heterocycles. The van der Waals surface area contributed by atoms with Gasteiger partial charge in [0.25, 0.3) is 0 Å². The third-order valence-electron chi connectivity index (χ3n) is 0.992. The van der Waals surface area contributed by atoms with Crippen LogP contribution in [-0.2, 0) is 9.31 Å². The zero-order chi connectivity index (χ0) is 8.36. The van der Waals surface area contributed by atoms with Crippen molar-refractivity contribution in [3.63, 3.8) is 0 Å². The third kappa shape index (κ3) is 9.46. The number of hydrogen-bond donors (Lipinski definition) is 0. The Hall–Kier alpha value is -0.535.